The second-order valence-corrected chi connectivity index (χ2v) is 22.2. The smallest absolute Gasteiger partial charge is 0.143 e. The molecule has 0 unspecified atom stereocenters. The molecule has 3 aromatic heterocycles. The van der Waals surface area contributed by atoms with E-state index in [0.717, 1.165) is 88.9 Å². The Hall–Kier alpha value is -10.9. The second-order valence-electron chi connectivity index (χ2n) is 22.2. The number of anilines is 3. The maximum absolute atomic E-state index is 6.91. The van der Waals surface area contributed by atoms with Gasteiger partial charge in [-0.2, -0.15) is 0 Å². The van der Waals surface area contributed by atoms with Crippen LogP contribution in [0, 0.1) is 0 Å². The summed E-state index contributed by atoms with van der Waals surface area (Å²) in [6.07, 6.45) is 0. The summed E-state index contributed by atoms with van der Waals surface area (Å²) in [7, 11) is 0. The van der Waals surface area contributed by atoms with Crippen LogP contribution in [-0.4, -0.2) is 4.57 Å². The molecule has 0 saturated carbocycles. The van der Waals surface area contributed by atoms with Gasteiger partial charge in [-0.15, -0.1) is 0 Å². The summed E-state index contributed by atoms with van der Waals surface area (Å²) in [5, 5.41) is 6.76. The highest BCUT2D eigenvalue weighted by atomic mass is 16.3. The summed E-state index contributed by atoms with van der Waals surface area (Å²) < 4.78 is 15.9. The summed E-state index contributed by atoms with van der Waals surface area (Å²) in [6.45, 7) is 0. The Kier molecular flexibility index (Phi) is 9.69. The molecule has 3 heterocycles. The number of aromatic nitrogens is 1. The molecular formula is C79H48N2O2. The topological polar surface area (TPSA) is 34.5 Å². The minimum Gasteiger partial charge on any atom is -0.456 e. The van der Waals surface area contributed by atoms with E-state index in [1.807, 2.05) is 6.07 Å². The maximum atomic E-state index is 6.91. The second kappa shape index (κ2) is 17.5. The average Bonchev–Trinajstić information content (AvgIpc) is 4.05. The van der Waals surface area contributed by atoms with E-state index in [9.17, 15) is 0 Å². The van der Waals surface area contributed by atoms with Crippen LogP contribution >= 0.6 is 0 Å². The zero-order chi connectivity index (χ0) is 54.3. The molecule has 386 valence electrons. The Balaban J connectivity index is 0.857. The Morgan fingerprint density at radius 3 is 1.64 bits per heavy atom. The van der Waals surface area contributed by atoms with Crippen LogP contribution in [0.4, 0.5) is 17.1 Å². The molecule has 0 fully saturated rings. The average molecular weight is 1060 g/mol. The lowest BCUT2D eigenvalue weighted by Crippen LogP contribution is -2.26. The van der Waals surface area contributed by atoms with E-state index < -0.39 is 5.41 Å². The molecule has 2 aliphatic carbocycles. The first-order valence-electron chi connectivity index (χ1n) is 28.6. The van der Waals surface area contributed by atoms with E-state index in [0.29, 0.717) is 0 Å². The summed E-state index contributed by atoms with van der Waals surface area (Å²) in [5.74, 6) is 0. The third-order valence-electron chi connectivity index (χ3n) is 18.0. The van der Waals surface area contributed by atoms with Gasteiger partial charge in [0.05, 0.1) is 27.5 Å². The Morgan fingerprint density at radius 1 is 0.289 bits per heavy atom. The molecule has 0 atom stereocenters. The molecule has 1 spiro atoms. The standard InChI is InChI=1S/C79H48N2O2/c1-3-17-49(18-4-1)53-35-41-60-61-42-40-56(48-70(61)79(69(60)47-53)67-27-11-7-21-58(67)59-22-8-12-28-68(59)79)80(55-38-33-50(34-39-55)57-25-15-26-64-63-24-10-14-31-74(63)83-78(57)64)73-30-16-32-76-77(73)66-46-52(37-44-75(66)82-76)51-36-43-72-65(45-51)62-23-9-13-29-71(62)81(72)54-19-5-2-6-20-54/h1-48H. The lowest BCUT2D eigenvalue weighted by Gasteiger charge is -2.32. The Bertz CT molecular complexity index is 5290. The molecule has 0 aliphatic heterocycles. The monoisotopic (exact) mass is 1060 g/mol. The van der Waals surface area contributed by atoms with Crippen LogP contribution < -0.4 is 4.90 Å². The summed E-state index contributed by atoms with van der Waals surface area (Å²) in [6, 6.07) is 107. The normalized spacial score (nSPS) is 12.9. The van der Waals surface area contributed by atoms with Crippen LogP contribution in [0.25, 0.3) is 127 Å². The number of para-hydroxylation sites is 4. The van der Waals surface area contributed by atoms with Gasteiger partial charge in [0.1, 0.15) is 22.3 Å². The Labute approximate surface area is 478 Å². The molecule has 18 rings (SSSR count). The number of fused-ring (bicyclic) bond motifs is 19. The molecule has 4 heteroatoms. The minimum atomic E-state index is -0.586. The van der Waals surface area contributed by atoms with Gasteiger partial charge in [-0.05, 0) is 163 Å². The lowest BCUT2D eigenvalue weighted by atomic mass is 9.70. The van der Waals surface area contributed by atoms with E-state index in [1.165, 1.54) is 77.4 Å². The number of rotatable bonds is 7. The molecular weight excluding hydrogens is 1010 g/mol. The minimum absolute atomic E-state index is 0.586. The van der Waals surface area contributed by atoms with Gasteiger partial charge in [-0.25, -0.2) is 0 Å². The molecule has 4 nitrogen and oxygen atoms in total. The van der Waals surface area contributed by atoms with Crippen LogP contribution in [0.1, 0.15) is 22.3 Å². The molecule has 0 radical (unpaired) electrons. The number of hydrogen-bond donors (Lipinski definition) is 0. The van der Waals surface area contributed by atoms with Gasteiger partial charge >= 0.3 is 0 Å². The van der Waals surface area contributed by atoms with Gasteiger partial charge in [0.2, 0.25) is 0 Å². The maximum Gasteiger partial charge on any atom is 0.143 e. The van der Waals surface area contributed by atoms with Crippen LogP contribution in [-0.2, 0) is 5.41 Å². The number of hydrogen-bond acceptors (Lipinski definition) is 3. The molecule has 0 saturated heterocycles. The van der Waals surface area contributed by atoms with Crippen LogP contribution in [0.15, 0.2) is 300 Å². The van der Waals surface area contributed by atoms with Crippen molar-refractivity contribution in [1.82, 2.24) is 4.57 Å². The van der Waals surface area contributed by atoms with Crippen molar-refractivity contribution < 1.29 is 8.83 Å². The van der Waals surface area contributed by atoms with Gasteiger partial charge < -0.3 is 18.3 Å². The van der Waals surface area contributed by atoms with Crippen molar-refractivity contribution in [1.29, 1.82) is 0 Å². The third kappa shape index (κ3) is 6.57. The fraction of sp³-hybridized carbons (Fsp3) is 0.0127. The molecule has 2 aliphatic rings. The molecule has 0 amide bonds. The van der Waals surface area contributed by atoms with Crippen molar-refractivity contribution in [2.45, 2.75) is 5.41 Å². The first-order valence-corrected chi connectivity index (χ1v) is 28.6. The van der Waals surface area contributed by atoms with Gasteiger partial charge in [0.25, 0.3) is 0 Å². The highest BCUT2D eigenvalue weighted by molar-refractivity contribution is 6.16. The molecule has 16 aromatic rings. The van der Waals surface area contributed by atoms with Crippen LogP contribution in [0.5, 0.6) is 0 Å². The SMILES string of the molecule is c1ccc(-c2ccc3c(c2)C2(c4ccccc4-c4ccccc42)c2cc(N(c4ccc(-c5cccc6c5oc5ccccc56)cc4)c4cccc5oc6ccc(-c7ccc8c(c7)c7ccccc7n8-c7ccccc7)cc6c45)ccc2-3)cc1. The van der Waals surface area contributed by atoms with Gasteiger partial charge in [-0.1, -0.05) is 200 Å². The predicted molar refractivity (Wildman–Crippen MR) is 343 cm³/mol. The Morgan fingerprint density at radius 2 is 0.831 bits per heavy atom. The van der Waals surface area contributed by atoms with Crippen molar-refractivity contribution >= 4 is 82.7 Å². The molecule has 83 heavy (non-hydrogen) atoms. The van der Waals surface area contributed by atoms with E-state index in [-0.39, 0.29) is 0 Å². The van der Waals surface area contributed by atoms with Crippen molar-refractivity contribution in [2.75, 3.05) is 4.90 Å². The van der Waals surface area contributed by atoms with E-state index in [1.54, 1.807) is 0 Å². The predicted octanol–water partition coefficient (Wildman–Crippen LogP) is 21.4. The van der Waals surface area contributed by atoms with Gasteiger partial charge in [0.15, 0.2) is 0 Å². The molecule has 0 bridgehead atoms. The largest absolute Gasteiger partial charge is 0.456 e. The lowest BCUT2D eigenvalue weighted by molar-refractivity contribution is 0.669. The fourth-order valence-electron chi connectivity index (χ4n) is 14.5. The van der Waals surface area contributed by atoms with Crippen molar-refractivity contribution in [3.8, 4) is 61.3 Å². The van der Waals surface area contributed by atoms with E-state index in [4.69, 9.17) is 8.83 Å². The van der Waals surface area contributed by atoms with E-state index >= 15 is 0 Å². The van der Waals surface area contributed by atoms with Crippen molar-refractivity contribution in [3.05, 3.63) is 313 Å². The molecule has 0 N–H and O–H groups in total. The van der Waals surface area contributed by atoms with Crippen LogP contribution in [0.3, 0.4) is 0 Å². The quantitative estimate of drug-likeness (QED) is 0.160. The third-order valence-corrected chi connectivity index (χ3v) is 18.0. The van der Waals surface area contributed by atoms with Gasteiger partial charge in [-0.3, -0.25) is 0 Å². The molecule has 13 aromatic carbocycles. The number of benzene rings is 13. The van der Waals surface area contributed by atoms with Crippen molar-refractivity contribution in [2.24, 2.45) is 0 Å². The fourth-order valence-corrected chi connectivity index (χ4v) is 14.5. The van der Waals surface area contributed by atoms with Crippen molar-refractivity contribution in [3.63, 3.8) is 0 Å². The first kappa shape index (κ1) is 45.9. The zero-order valence-corrected chi connectivity index (χ0v) is 44.9. The summed E-state index contributed by atoms with van der Waals surface area (Å²) in [5.41, 5.74) is 26.5. The first-order chi connectivity index (χ1) is 41.2. The van der Waals surface area contributed by atoms with Gasteiger partial charge in [0, 0.05) is 49.6 Å². The highest BCUT2D eigenvalue weighted by Crippen LogP contribution is 2.64. The summed E-state index contributed by atoms with van der Waals surface area (Å²) in [4.78, 5) is 2.46. The van der Waals surface area contributed by atoms with E-state index in [2.05, 4.69) is 295 Å². The van der Waals surface area contributed by atoms with Crippen LogP contribution in [0.2, 0.25) is 0 Å². The highest BCUT2D eigenvalue weighted by Gasteiger charge is 2.52. The number of furan rings is 2. The zero-order valence-electron chi connectivity index (χ0n) is 44.9. The summed E-state index contributed by atoms with van der Waals surface area (Å²) >= 11 is 0. The number of nitrogens with zero attached hydrogens (tertiary/aromatic N) is 2.